The van der Waals surface area contributed by atoms with Crippen molar-refractivity contribution in [2.45, 2.75) is 38.3 Å². The van der Waals surface area contributed by atoms with Crippen molar-refractivity contribution in [3.05, 3.63) is 35.9 Å². The Morgan fingerprint density at radius 1 is 1.32 bits per heavy atom. The summed E-state index contributed by atoms with van der Waals surface area (Å²) >= 11 is 0. The summed E-state index contributed by atoms with van der Waals surface area (Å²) < 4.78 is 0. The van der Waals surface area contributed by atoms with E-state index in [2.05, 4.69) is 5.32 Å². The van der Waals surface area contributed by atoms with Gasteiger partial charge in [-0.05, 0) is 25.3 Å². The molecule has 0 fully saturated rings. The molecule has 1 unspecified atom stereocenters. The minimum absolute atomic E-state index is 0.0371. The Morgan fingerprint density at radius 2 is 1.95 bits per heavy atom. The second kappa shape index (κ2) is 7.53. The Labute approximate surface area is 112 Å². The Morgan fingerprint density at radius 3 is 2.53 bits per heavy atom. The topological polar surface area (TPSA) is 92.4 Å². The highest BCUT2D eigenvalue weighted by Gasteiger charge is 2.16. The molecule has 19 heavy (non-hydrogen) atoms. The largest absolute Gasteiger partial charge is 0.481 e. The van der Waals surface area contributed by atoms with E-state index < -0.39 is 12.0 Å². The Hall–Kier alpha value is -1.88. The van der Waals surface area contributed by atoms with E-state index in [-0.39, 0.29) is 18.4 Å². The molecule has 0 saturated heterocycles. The van der Waals surface area contributed by atoms with Gasteiger partial charge in [-0.2, -0.15) is 0 Å². The van der Waals surface area contributed by atoms with E-state index in [4.69, 9.17) is 10.8 Å². The molecule has 0 saturated carbocycles. The summed E-state index contributed by atoms with van der Waals surface area (Å²) in [5.74, 6) is -1.11. The summed E-state index contributed by atoms with van der Waals surface area (Å²) in [4.78, 5) is 22.2. The van der Waals surface area contributed by atoms with E-state index in [9.17, 15) is 9.59 Å². The third kappa shape index (κ3) is 6.01. The van der Waals surface area contributed by atoms with Crippen molar-refractivity contribution in [2.75, 3.05) is 0 Å². The van der Waals surface area contributed by atoms with Gasteiger partial charge < -0.3 is 16.2 Å². The monoisotopic (exact) mass is 264 g/mol. The Bertz CT molecular complexity index is 420. The summed E-state index contributed by atoms with van der Waals surface area (Å²) in [5.41, 5.74) is 6.83. The van der Waals surface area contributed by atoms with Crippen molar-refractivity contribution in [3.8, 4) is 0 Å². The highest BCUT2D eigenvalue weighted by atomic mass is 16.4. The molecule has 1 aromatic carbocycles. The summed E-state index contributed by atoms with van der Waals surface area (Å²) in [6.07, 6.45) is 0.910. The highest BCUT2D eigenvalue weighted by molar-refractivity contribution is 5.82. The first-order valence-electron chi connectivity index (χ1n) is 6.30. The zero-order chi connectivity index (χ0) is 14.3. The molecule has 0 spiro atoms. The van der Waals surface area contributed by atoms with Crippen LogP contribution in [0.4, 0.5) is 0 Å². The zero-order valence-corrected chi connectivity index (χ0v) is 11.0. The standard InChI is InChI=1S/C14H20N2O3/c1-10(7-8-13(17)18)16-14(19)12(15)9-11-5-3-2-4-6-11/h2-6,10,12H,7-9,15H2,1H3,(H,16,19)(H,17,18)/t10?,12-/m1/s1. The third-order valence-electron chi connectivity index (χ3n) is 2.82. The number of rotatable bonds is 7. The molecule has 5 heteroatoms. The van der Waals surface area contributed by atoms with Crippen LogP contribution in [-0.2, 0) is 16.0 Å². The summed E-state index contributed by atoms with van der Waals surface area (Å²) in [5, 5.41) is 11.3. The maximum absolute atomic E-state index is 11.8. The van der Waals surface area contributed by atoms with Crippen LogP contribution >= 0.6 is 0 Å². The zero-order valence-electron chi connectivity index (χ0n) is 11.0. The molecule has 1 amide bonds. The number of carbonyl (C=O) groups is 2. The third-order valence-corrected chi connectivity index (χ3v) is 2.82. The van der Waals surface area contributed by atoms with Crippen LogP contribution in [0.3, 0.4) is 0 Å². The van der Waals surface area contributed by atoms with E-state index in [0.29, 0.717) is 12.8 Å². The van der Waals surface area contributed by atoms with Crippen LogP contribution in [0.15, 0.2) is 30.3 Å². The lowest BCUT2D eigenvalue weighted by Gasteiger charge is -2.17. The number of nitrogens with one attached hydrogen (secondary N) is 1. The number of nitrogens with two attached hydrogens (primary N) is 1. The van der Waals surface area contributed by atoms with E-state index >= 15 is 0 Å². The average Bonchev–Trinajstić information content (AvgIpc) is 2.37. The number of carboxylic acids is 1. The van der Waals surface area contributed by atoms with Gasteiger partial charge in [-0.3, -0.25) is 9.59 Å². The van der Waals surface area contributed by atoms with E-state index in [1.54, 1.807) is 6.92 Å². The molecule has 0 aromatic heterocycles. The van der Waals surface area contributed by atoms with Crippen LogP contribution in [0.1, 0.15) is 25.3 Å². The summed E-state index contributed by atoms with van der Waals surface area (Å²) in [6, 6.07) is 8.73. The number of aliphatic carboxylic acids is 1. The van der Waals surface area contributed by atoms with Gasteiger partial charge in [0, 0.05) is 12.5 Å². The second-order valence-electron chi connectivity index (χ2n) is 4.64. The quantitative estimate of drug-likeness (QED) is 0.683. The van der Waals surface area contributed by atoms with Crippen molar-refractivity contribution < 1.29 is 14.7 Å². The van der Waals surface area contributed by atoms with Gasteiger partial charge in [0.05, 0.1) is 6.04 Å². The molecule has 0 aliphatic carbocycles. The first-order chi connectivity index (χ1) is 8.99. The smallest absolute Gasteiger partial charge is 0.303 e. The van der Waals surface area contributed by atoms with Crippen molar-refractivity contribution >= 4 is 11.9 Å². The molecular weight excluding hydrogens is 244 g/mol. The normalized spacial score (nSPS) is 13.6. The van der Waals surface area contributed by atoms with Gasteiger partial charge in [-0.15, -0.1) is 0 Å². The van der Waals surface area contributed by atoms with E-state index in [1.807, 2.05) is 30.3 Å². The molecule has 0 bridgehead atoms. The number of amides is 1. The van der Waals surface area contributed by atoms with Crippen molar-refractivity contribution in [1.82, 2.24) is 5.32 Å². The number of hydrogen-bond acceptors (Lipinski definition) is 3. The first-order valence-corrected chi connectivity index (χ1v) is 6.30. The number of carboxylic acid groups (broad SMARTS) is 1. The van der Waals surface area contributed by atoms with Crippen LogP contribution in [0.25, 0.3) is 0 Å². The number of carbonyl (C=O) groups excluding carboxylic acids is 1. The Balaban J connectivity index is 2.38. The van der Waals surface area contributed by atoms with E-state index in [1.165, 1.54) is 0 Å². The fourth-order valence-electron chi connectivity index (χ4n) is 1.72. The molecule has 1 rings (SSSR count). The molecule has 0 heterocycles. The Kier molecular flexibility index (Phi) is 6.02. The average molecular weight is 264 g/mol. The van der Waals surface area contributed by atoms with Crippen molar-refractivity contribution in [1.29, 1.82) is 0 Å². The van der Waals surface area contributed by atoms with Gasteiger partial charge in [0.2, 0.25) is 5.91 Å². The molecule has 0 radical (unpaired) electrons. The van der Waals surface area contributed by atoms with Crippen LogP contribution in [0.2, 0.25) is 0 Å². The van der Waals surface area contributed by atoms with Gasteiger partial charge >= 0.3 is 5.97 Å². The van der Waals surface area contributed by atoms with Crippen LogP contribution in [-0.4, -0.2) is 29.1 Å². The summed E-state index contributed by atoms with van der Waals surface area (Å²) in [6.45, 7) is 1.77. The number of benzene rings is 1. The lowest BCUT2D eigenvalue weighted by atomic mass is 10.1. The van der Waals surface area contributed by atoms with Crippen molar-refractivity contribution in [2.24, 2.45) is 5.73 Å². The first kappa shape index (κ1) is 15.2. The maximum atomic E-state index is 11.8. The maximum Gasteiger partial charge on any atom is 0.303 e. The molecule has 104 valence electrons. The number of hydrogen-bond donors (Lipinski definition) is 3. The van der Waals surface area contributed by atoms with Crippen LogP contribution in [0.5, 0.6) is 0 Å². The second-order valence-corrected chi connectivity index (χ2v) is 4.64. The molecule has 1 aromatic rings. The van der Waals surface area contributed by atoms with Crippen LogP contribution in [0, 0.1) is 0 Å². The lowest BCUT2D eigenvalue weighted by Crippen LogP contribution is -2.45. The fourth-order valence-corrected chi connectivity index (χ4v) is 1.72. The lowest BCUT2D eigenvalue weighted by molar-refractivity contribution is -0.137. The predicted molar refractivity (Wildman–Crippen MR) is 72.6 cm³/mol. The molecule has 0 aliphatic heterocycles. The summed E-state index contributed by atoms with van der Waals surface area (Å²) in [7, 11) is 0. The fraction of sp³-hybridized carbons (Fsp3) is 0.429. The molecule has 2 atom stereocenters. The van der Waals surface area contributed by atoms with Crippen LogP contribution < -0.4 is 11.1 Å². The molecular formula is C14H20N2O3. The molecule has 5 nitrogen and oxygen atoms in total. The minimum atomic E-state index is -0.866. The van der Waals surface area contributed by atoms with Gasteiger partial charge in [0.25, 0.3) is 0 Å². The van der Waals surface area contributed by atoms with Gasteiger partial charge in [0.15, 0.2) is 0 Å². The highest BCUT2D eigenvalue weighted by Crippen LogP contribution is 2.03. The molecule has 0 aliphatic rings. The van der Waals surface area contributed by atoms with Gasteiger partial charge in [-0.1, -0.05) is 30.3 Å². The van der Waals surface area contributed by atoms with Gasteiger partial charge in [0.1, 0.15) is 0 Å². The SMILES string of the molecule is CC(CCC(=O)O)NC(=O)[C@H](N)Cc1ccccc1. The minimum Gasteiger partial charge on any atom is -0.481 e. The van der Waals surface area contributed by atoms with E-state index in [0.717, 1.165) is 5.56 Å². The van der Waals surface area contributed by atoms with Gasteiger partial charge in [-0.25, -0.2) is 0 Å². The molecule has 4 N–H and O–H groups in total. The predicted octanol–water partition coefficient (Wildman–Crippen LogP) is 0.926. The van der Waals surface area contributed by atoms with Crippen molar-refractivity contribution in [3.63, 3.8) is 0 Å².